The van der Waals surface area contributed by atoms with E-state index in [4.69, 9.17) is 5.73 Å². The average Bonchev–Trinajstić information content (AvgIpc) is 2.13. The van der Waals surface area contributed by atoms with Crippen molar-refractivity contribution < 1.29 is 0 Å². The number of likely N-dealkylation sites (N-methyl/N-ethyl adjacent to an activating group) is 1. The van der Waals surface area contributed by atoms with Crippen LogP contribution >= 0.6 is 0 Å². The first kappa shape index (κ1) is 6.93. The molecular formula is C8H12N2. The van der Waals surface area contributed by atoms with Crippen molar-refractivity contribution in [2.45, 2.75) is 6.42 Å². The molecule has 0 saturated heterocycles. The minimum Gasteiger partial charge on any atom is -0.399 e. The molecule has 0 atom stereocenters. The Hall–Kier alpha value is -1.18. The van der Waals surface area contributed by atoms with E-state index in [-0.39, 0.29) is 0 Å². The minimum absolute atomic E-state index is 0.828. The molecule has 1 rings (SSSR count). The van der Waals surface area contributed by atoms with Gasteiger partial charge in [-0.05, 0) is 18.6 Å². The Labute approximate surface area is 61.1 Å². The van der Waals surface area contributed by atoms with Crippen LogP contribution in [-0.4, -0.2) is 7.05 Å². The number of rotatable bonds is 1. The summed E-state index contributed by atoms with van der Waals surface area (Å²) in [5.74, 6) is 0. The molecule has 0 aromatic heterocycles. The van der Waals surface area contributed by atoms with Gasteiger partial charge in [0.1, 0.15) is 0 Å². The van der Waals surface area contributed by atoms with Crippen molar-refractivity contribution in [2.24, 2.45) is 5.73 Å². The van der Waals surface area contributed by atoms with Crippen molar-refractivity contribution in [1.29, 1.82) is 0 Å². The minimum atomic E-state index is 0.828. The average molecular weight is 136 g/mol. The van der Waals surface area contributed by atoms with Crippen molar-refractivity contribution in [3.63, 3.8) is 0 Å². The van der Waals surface area contributed by atoms with Gasteiger partial charge in [-0.3, -0.25) is 0 Å². The van der Waals surface area contributed by atoms with Crippen LogP contribution in [0.2, 0.25) is 0 Å². The summed E-state index contributed by atoms with van der Waals surface area (Å²) < 4.78 is 0. The summed E-state index contributed by atoms with van der Waals surface area (Å²) in [7, 11) is 1.88. The molecule has 0 bridgehead atoms. The highest BCUT2D eigenvalue weighted by Crippen LogP contribution is 2.03. The quantitative estimate of drug-likeness (QED) is 0.562. The van der Waals surface area contributed by atoms with E-state index >= 15 is 0 Å². The fraction of sp³-hybridized carbons (Fsp3) is 0.250. The highest BCUT2D eigenvalue weighted by Gasteiger charge is 1.91. The van der Waals surface area contributed by atoms with Gasteiger partial charge in [0.25, 0.3) is 0 Å². The molecule has 0 spiro atoms. The summed E-state index contributed by atoms with van der Waals surface area (Å²) in [5, 5.41) is 3.03. The van der Waals surface area contributed by atoms with Crippen LogP contribution in [-0.2, 0) is 0 Å². The van der Waals surface area contributed by atoms with Crippen LogP contribution in [0.1, 0.15) is 6.42 Å². The van der Waals surface area contributed by atoms with Crippen molar-refractivity contribution in [3.05, 3.63) is 35.7 Å². The molecular weight excluding hydrogens is 124 g/mol. The fourth-order valence-electron chi connectivity index (χ4n) is 0.841. The van der Waals surface area contributed by atoms with Crippen LogP contribution in [0, 0.1) is 0 Å². The Morgan fingerprint density at radius 2 is 2.40 bits per heavy atom. The molecule has 1 aliphatic rings. The maximum Gasteiger partial charge on any atom is 0.0354 e. The molecule has 0 unspecified atom stereocenters. The third kappa shape index (κ3) is 1.65. The van der Waals surface area contributed by atoms with E-state index < -0.39 is 0 Å². The molecule has 0 amide bonds. The molecule has 0 fully saturated rings. The van der Waals surface area contributed by atoms with E-state index in [9.17, 15) is 0 Å². The summed E-state index contributed by atoms with van der Waals surface area (Å²) in [4.78, 5) is 0. The summed E-state index contributed by atoms with van der Waals surface area (Å²) >= 11 is 0. The maximum atomic E-state index is 5.61. The molecule has 2 nitrogen and oxygen atoms in total. The van der Waals surface area contributed by atoms with E-state index in [1.807, 2.05) is 25.3 Å². The van der Waals surface area contributed by atoms with Crippen molar-refractivity contribution in [3.8, 4) is 0 Å². The Kier molecular flexibility index (Phi) is 2.15. The number of nitrogens with one attached hydrogen (secondary N) is 1. The number of hydrogen-bond acceptors (Lipinski definition) is 2. The Balaban J connectivity index is 2.79. The first-order valence-corrected chi connectivity index (χ1v) is 3.34. The van der Waals surface area contributed by atoms with E-state index in [1.54, 1.807) is 0 Å². The fourth-order valence-corrected chi connectivity index (χ4v) is 0.841. The van der Waals surface area contributed by atoms with Crippen molar-refractivity contribution in [1.82, 2.24) is 5.32 Å². The summed E-state index contributed by atoms with van der Waals surface area (Å²) in [6, 6.07) is 0. The zero-order valence-corrected chi connectivity index (χ0v) is 6.09. The highest BCUT2D eigenvalue weighted by atomic mass is 14.8. The number of hydrogen-bond donors (Lipinski definition) is 2. The second kappa shape index (κ2) is 3.11. The molecule has 3 N–H and O–H groups in total. The van der Waals surface area contributed by atoms with E-state index in [0.717, 1.165) is 17.8 Å². The lowest BCUT2D eigenvalue weighted by Gasteiger charge is -1.97. The zero-order valence-electron chi connectivity index (χ0n) is 6.09. The zero-order chi connectivity index (χ0) is 7.40. The molecule has 0 heterocycles. The van der Waals surface area contributed by atoms with Gasteiger partial charge in [-0.15, -0.1) is 0 Å². The smallest absolute Gasteiger partial charge is 0.0354 e. The number of allylic oxidation sites excluding steroid dienone is 4. The second-order valence-corrected chi connectivity index (χ2v) is 2.19. The van der Waals surface area contributed by atoms with Gasteiger partial charge in [0.05, 0.1) is 0 Å². The second-order valence-electron chi connectivity index (χ2n) is 2.19. The molecule has 0 aromatic rings. The van der Waals surface area contributed by atoms with Gasteiger partial charge in [-0.2, -0.15) is 0 Å². The largest absolute Gasteiger partial charge is 0.399 e. The van der Waals surface area contributed by atoms with Crippen LogP contribution in [0.4, 0.5) is 0 Å². The number of nitrogens with two attached hydrogens (primary N) is 1. The molecule has 0 radical (unpaired) electrons. The van der Waals surface area contributed by atoms with Crippen molar-refractivity contribution in [2.75, 3.05) is 7.05 Å². The lowest BCUT2D eigenvalue weighted by molar-refractivity contribution is 1.03. The molecule has 1 aliphatic carbocycles. The van der Waals surface area contributed by atoms with Gasteiger partial charge in [0.2, 0.25) is 0 Å². The molecule has 10 heavy (non-hydrogen) atoms. The topological polar surface area (TPSA) is 38.0 Å². The van der Waals surface area contributed by atoms with Crippen LogP contribution in [0.15, 0.2) is 35.7 Å². The maximum absolute atomic E-state index is 5.61. The van der Waals surface area contributed by atoms with Crippen LogP contribution in [0.3, 0.4) is 0 Å². The monoisotopic (exact) mass is 136 g/mol. The van der Waals surface area contributed by atoms with E-state index in [1.165, 1.54) is 0 Å². The van der Waals surface area contributed by atoms with Gasteiger partial charge < -0.3 is 11.1 Å². The SMILES string of the molecule is CNC1=CC(N)=CCC=C1. The van der Waals surface area contributed by atoms with Crippen LogP contribution < -0.4 is 11.1 Å². The molecule has 2 heteroatoms. The standard InChI is InChI=1S/C8H12N2/c1-10-8-5-3-2-4-7(9)6-8/h3-6,10H,2,9H2,1H3. The summed E-state index contributed by atoms with van der Waals surface area (Å²) in [6.45, 7) is 0. The van der Waals surface area contributed by atoms with Gasteiger partial charge in [0.15, 0.2) is 0 Å². The molecule has 54 valence electrons. The van der Waals surface area contributed by atoms with Gasteiger partial charge in [-0.25, -0.2) is 0 Å². The Morgan fingerprint density at radius 1 is 1.60 bits per heavy atom. The van der Waals surface area contributed by atoms with E-state index in [2.05, 4.69) is 11.4 Å². The highest BCUT2D eigenvalue weighted by molar-refractivity contribution is 5.30. The predicted octanol–water partition coefficient (Wildman–Crippen LogP) is 0.892. The van der Waals surface area contributed by atoms with Crippen LogP contribution in [0.25, 0.3) is 0 Å². The third-order valence-corrected chi connectivity index (χ3v) is 1.40. The first-order valence-electron chi connectivity index (χ1n) is 3.34. The lowest BCUT2D eigenvalue weighted by atomic mass is 10.3. The van der Waals surface area contributed by atoms with Crippen LogP contribution in [0.5, 0.6) is 0 Å². The predicted molar refractivity (Wildman–Crippen MR) is 43.2 cm³/mol. The normalized spacial score (nSPS) is 17.3. The van der Waals surface area contributed by atoms with Gasteiger partial charge in [0, 0.05) is 18.4 Å². The van der Waals surface area contributed by atoms with Gasteiger partial charge >= 0.3 is 0 Å². The Bertz CT molecular complexity index is 199. The van der Waals surface area contributed by atoms with Crippen molar-refractivity contribution >= 4 is 0 Å². The van der Waals surface area contributed by atoms with Gasteiger partial charge in [-0.1, -0.05) is 12.2 Å². The summed E-state index contributed by atoms with van der Waals surface area (Å²) in [6.07, 6.45) is 8.93. The molecule has 0 aliphatic heterocycles. The molecule has 0 aromatic carbocycles. The Morgan fingerprint density at radius 3 is 3.10 bits per heavy atom. The third-order valence-electron chi connectivity index (χ3n) is 1.40. The summed E-state index contributed by atoms with van der Waals surface area (Å²) in [5.41, 5.74) is 7.49. The lowest BCUT2D eigenvalue weighted by Crippen LogP contribution is -2.04. The first-order chi connectivity index (χ1) is 4.83. The van der Waals surface area contributed by atoms with E-state index in [0.29, 0.717) is 0 Å². The molecule has 0 saturated carbocycles.